The molecule has 1 aromatic carbocycles. The number of amides is 2. The zero-order valence-electron chi connectivity index (χ0n) is 22.5. The molecular formula is C30H35F2N5O2. The van der Waals surface area contributed by atoms with Gasteiger partial charge in [0.05, 0.1) is 17.0 Å². The molecule has 0 bridgehead atoms. The van der Waals surface area contributed by atoms with Crippen molar-refractivity contribution in [2.75, 3.05) is 39.3 Å². The van der Waals surface area contributed by atoms with Gasteiger partial charge in [-0.3, -0.25) is 9.59 Å². The number of fused-ring (bicyclic) bond motifs is 1. The predicted octanol–water partition coefficient (Wildman–Crippen LogP) is 4.04. The number of hydrogen-bond donors (Lipinski definition) is 0. The number of alkyl halides is 2. The maximum atomic E-state index is 13.3. The summed E-state index contributed by atoms with van der Waals surface area (Å²) in [7, 11) is 0. The summed E-state index contributed by atoms with van der Waals surface area (Å²) in [4.78, 5) is 40.3. The molecule has 3 fully saturated rings. The lowest BCUT2D eigenvalue weighted by molar-refractivity contribution is -0.165. The number of likely N-dealkylation sites (tertiary alicyclic amines) is 2. The number of hydrogen-bond acceptors (Lipinski definition) is 5. The molecule has 9 heteroatoms. The van der Waals surface area contributed by atoms with E-state index in [9.17, 15) is 18.4 Å². The molecule has 39 heavy (non-hydrogen) atoms. The maximum absolute atomic E-state index is 13.3. The highest BCUT2D eigenvalue weighted by atomic mass is 19.3. The first kappa shape index (κ1) is 25.9. The normalized spacial score (nSPS) is 23.2. The molecule has 0 spiro atoms. The Hall–Kier alpha value is -3.36. The van der Waals surface area contributed by atoms with Crippen molar-refractivity contribution in [3.8, 4) is 0 Å². The maximum Gasteiger partial charge on any atom is 0.257 e. The predicted molar refractivity (Wildman–Crippen MR) is 142 cm³/mol. The Morgan fingerprint density at radius 3 is 2.33 bits per heavy atom. The Balaban J connectivity index is 1.06. The van der Waals surface area contributed by atoms with Crippen molar-refractivity contribution in [2.45, 2.75) is 45.0 Å². The quantitative estimate of drug-likeness (QED) is 0.535. The molecule has 3 aliphatic heterocycles. The highest BCUT2D eigenvalue weighted by molar-refractivity contribution is 5.96. The van der Waals surface area contributed by atoms with Crippen molar-refractivity contribution >= 4 is 11.8 Å². The number of aryl methyl sites for hydroxylation is 2. The van der Waals surface area contributed by atoms with Crippen LogP contribution in [0.4, 0.5) is 8.78 Å². The van der Waals surface area contributed by atoms with Crippen LogP contribution >= 0.6 is 0 Å². The number of halogens is 2. The Morgan fingerprint density at radius 2 is 1.69 bits per heavy atom. The molecule has 7 nitrogen and oxygen atoms in total. The Morgan fingerprint density at radius 1 is 1.00 bits per heavy atom. The molecule has 6 rings (SSSR count). The van der Waals surface area contributed by atoms with Gasteiger partial charge in [-0.05, 0) is 37.3 Å². The van der Waals surface area contributed by atoms with Crippen LogP contribution in [-0.4, -0.2) is 81.7 Å². The van der Waals surface area contributed by atoms with Gasteiger partial charge in [0.15, 0.2) is 0 Å². The Kier molecular flexibility index (Phi) is 6.63. The third kappa shape index (κ3) is 5.03. The number of nitrogens with zero attached hydrogens (tertiary/aromatic N) is 5. The van der Waals surface area contributed by atoms with E-state index in [1.54, 1.807) is 4.90 Å². The number of rotatable bonds is 7. The molecular weight excluding hydrogens is 500 g/mol. The first-order chi connectivity index (χ1) is 18.7. The van der Waals surface area contributed by atoms with E-state index >= 15 is 0 Å². The lowest BCUT2D eigenvalue weighted by atomic mass is 9.76. The molecule has 2 saturated heterocycles. The molecule has 4 heterocycles. The van der Waals surface area contributed by atoms with Crippen LogP contribution in [0.15, 0.2) is 48.4 Å². The third-order valence-electron chi connectivity index (χ3n) is 9.05. The van der Waals surface area contributed by atoms with E-state index in [1.807, 2.05) is 24.8 Å². The van der Waals surface area contributed by atoms with Crippen molar-refractivity contribution < 1.29 is 18.4 Å². The highest BCUT2D eigenvalue weighted by Gasteiger charge is 2.51. The van der Waals surface area contributed by atoms with Gasteiger partial charge in [-0.1, -0.05) is 30.3 Å². The molecule has 206 valence electrons. The molecule has 1 saturated carbocycles. The number of aromatic nitrogens is 2. The summed E-state index contributed by atoms with van der Waals surface area (Å²) in [5, 5.41) is 0. The van der Waals surface area contributed by atoms with Crippen molar-refractivity contribution in [1.29, 1.82) is 0 Å². The Bertz CT molecular complexity index is 1270. The monoisotopic (exact) mass is 535 g/mol. The molecule has 0 radical (unpaired) electrons. The fraction of sp³-hybridized carbons (Fsp3) is 0.533. The van der Waals surface area contributed by atoms with Crippen molar-refractivity contribution in [1.82, 2.24) is 24.7 Å². The van der Waals surface area contributed by atoms with E-state index in [4.69, 9.17) is 0 Å². The van der Waals surface area contributed by atoms with Crippen LogP contribution < -0.4 is 0 Å². The van der Waals surface area contributed by atoms with E-state index in [0.29, 0.717) is 60.9 Å². The highest BCUT2D eigenvalue weighted by Crippen LogP contribution is 2.45. The summed E-state index contributed by atoms with van der Waals surface area (Å²) in [5.74, 6) is -2.30. The van der Waals surface area contributed by atoms with E-state index in [2.05, 4.69) is 45.3 Å². The molecule has 1 aliphatic carbocycles. The summed E-state index contributed by atoms with van der Waals surface area (Å²) in [6, 6.07) is 10.4. The van der Waals surface area contributed by atoms with E-state index < -0.39 is 11.8 Å². The number of carbonyl (C=O) groups excluding carboxylic acids is 2. The number of benzene rings is 1. The van der Waals surface area contributed by atoms with Gasteiger partial charge in [0, 0.05) is 76.1 Å². The van der Waals surface area contributed by atoms with Gasteiger partial charge in [0.25, 0.3) is 5.91 Å². The first-order valence-corrected chi connectivity index (χ1v) is 13.9. The third-order valence-corrected chi connectivity index (χ3v) is 9.05. The van der Waals surface area contributed by atoms with Crippen LogP contribution in [0.25, 0.3) is 0 Å². The molecule has 1 aromatic heterocycles. The lowest BCUT2D eigenvalue weighted by Crippen LogP contribution is -2.57. The van der Waals surface area contributed by atoms with Gasteiger partial charge in [-0.25, -0.2) is 18.7 Å². The minimum atomic E-state index is -2.67. The minimum Gasteiger partial charge on any atom is -0.377 e. The van der Waals surface area contributed by atoms with Gasteiger partial charge in [-0.15, -0.1) is 0 Å². The second-order valence-electron chi connectivity index (χ2n) is 11.8. The summed E-state index contributed by atoms with van der Waals surface area (Å²) in [6.07, 6.45) is 4.08. The summed E-state index contributed by atoms with van der Waals surface area (Å²) in [5.41, 5.74) is 4.61. The second kappa shape index (κ2) is 9.99. The van der Waals surface area contributed by atoms with Crippen LogP contribution in [0.5, 0.6) is 0 Å². The SMILES string of the molecule is Cc1ncnc(C)c1C(=O)N1CC2=CN(CCC(c3ccccc3)C3CN(C(=O)C4CC(F)(F)C4)C3)CC2C1. The topological polar surface area (TPSA) is 69.6 Å². The van der Waals surface area contributed by atoms with Gasteiger partial charge < -0.3 is 14.7 Å². The summed E-state index contributed by atoms with van der Waals surface area (Å²) in [6.45, 7) is 8.13. The van der Waals surface area contributed by atoms with Gasteiger partial charge in [0.2, 0.25) is 11.8 Å². The van der Waals surface area contributed by atoms with Crippen LogP contribution in [-0.2, 0) is 4.79 Å². The largest absolute Gasteiger partial charge is 0.377 e. The Labute approximate surface area is 227 Å². The van der Waals surface area contributed by atoms with E-state index in [0.717, 1.165) is 19.5 Å². The molecule has 2 unspecified atom stereocenters. The van der Waals surface area contributed by atoms with Crippen LogP contribution in [0.3, 0.4) is 0 Å². The van der Waals surface area contributed by atoms with Crippen molar-refractivity contribution in [3.05, 3.63) is 70.9 Å². The van der Waals surface area contributed by atoms with Crippen LogP contribution in [0, 0.1) is 31.6 Å². The fourth-order valence-electron chi connectivity index (χ4n) is 6.78. The fourth-order valence-corrected chi connectivity index (χ4v) is 6.78. The van der Waals surface area contributed by atoms with Gasteiger partial charge in [0.1, 0.15) is 6.33 Å². The summed E-state index contributed by atoms with van der Waals surface area (Å²) >= 11 is 0. The van der Waals surface area contributed by atoms with E-state index in [-0.39, 0.29) is 24.7 Å². The second-order valence-corrected chi connectivity index (χ2v) is 11.8. The van der Waals surface area contributed by atoms with Gasteiger partial charge >= 0.3 is 0 Å². The number of carbonyl (C=O) groups is 2. The molecule has 4 aliphatic rings. The van der Waals surface area contributed by atoms with Crippen molar-refractivity contribution in [2.24, 2.45) is 17.8 Å². The minimum absolute atomic E-state index is 0.00583. The van der Waals surface area contributed by atoms with E-state index in [1.165, 1.54) is 17.5 Å². The zero-order chi connectivity index (χ0) is 27.3. The lowest BCUT2D eigenvalue weighted by Gasteiger charge is -2.47. The standard InChI is InChI=1S/C30H35F2N5O2/c1-19-27(20(2)34-18-33-19)29(39)37-14-23-12-35(13-24(23)15-37)9-8-26(21-6-4-3-5-7-21)25-16-36(17-25)28(38)22-10-30(31,32)11-22/h3-7,12,18,22,24-26H,8-11,13-17H2,1-2H3. The zero-order valence-corrected chi connectivity index (χ0v) is 22.5. The van der Waals surface area contributed by atoms with Crippen molar-refractivity contribution in [3.63, 3.8) is 0 Å². The molecule has 2 amide bonds. The average molecular weight is 536 g/mol. The van der Waals surface area contributed by atoms with Crippen LogP contribution in [0.2, 0.25) is 0 Å². The average Bonchev–Trinajstić information content (AvgIpc) is 3.43. The van der Waals surface area contributed by atoms with Crippen LogP contribution in [0.1, 0.15) is 52.5 Å². The molecule has 0 N–H and O–H groups in total. The molecule has 2 aromatic rings. The first-order valence-electron chi connectivity index (χ1n) is 13.9. The summed E-state index contributed by atoms with van der Waals surface area (Å²) < 4.78 is 26.5. The van der Waals surface area contributed by atoms with Gasteiger partial charge in [-0.2, -0.15) is 0 Å². The molecule has 2 atom stereocenters. The smallest absolute Gasteiger partial charge is 0.257 e.